The molecule has 2 N–H and O–H groups in total. The van der Waals surface area contributed by atoms with Gasteiger partial charge in [-0.3, -0.25) is 4.79 Å². The predicted molar refractivity (Wildman–Crippen MR) is 62.4 cm³/mol. The summed E-state index contributed by atoms with van der Waals surface area (Å²) >= 11 is 0. The highest BCUT2D eigenvalue weighted by Crippen LogP contribution is 2.45. The minimum atomic E-state index is -3.73. The number of aryl methyl sites for hydroxylation is 2. The maximum absolute atomic E-state index is 11.9. The highest BCUT2D eigenvalue weighted by molar-refractivity contribution is 7.89. The molecule has 1 fully saturated rings. The van der Waals surface area contributed by atoms with E-state index in [2.05, 4.69) is 9.71 Å². The third kappa shape index (κ3) is 2.25. The molecule has 2 rings (SSSR count). The number of hydrogen-bond donors (Lipinski definition) is 2. The number of carboxylic acids is 1. The number of nitrogens with zero attached hydrogens (tertiary/aromatic N) is 2. The maximum Gasteiger partial charge on any atom is 0.310 e. The summed E-state index contributed by atoms with van der Waals surface area (Å²) in [6.07, 6.45) is 2.41. The molecule has 18 heavy (non-hydrogen) atoms. The Balaban J connectivity index is 2.11. The van der Waals surface area contributed by atoms with Gasteiger partial charge in [0.1, 0.15) is 5.82 Å². The second kappa shape index (κ2) is 4.06. The van der Waals surface area contributed by atoms with E-state index >= 15 is 0 Å². The monoisotopic (exact) mass is 273 g/mol. The van der Waals surface area contributed by atoms with E-state index in [0.717, 1.165) is 0 Å². The molecule has 1 heterocycles. The summed E-state index contributed by atoms with van der Waals surface area (Å²) in [5.74, 6) is -0.378. The topological polar surface area (TPSA) is 101 Å². The van der Waals surface area contributed by atoms with Crippen LogP contribution in [0.2, 0.25) is 0 Å². The molecule has 1 aromatic rings. The lowest BCUT2D eigenvalue weighted by molar-refractivity contribution is -0.143. The van der Waals surface area contributed by atoms with Gasteiger partial charge in [0.25, 0.3) is 10.0 Å². The Morgan fingerprint density at radius 2 is 2.22 bits per heavy atom. The molecule has 1 aromatic heterocycles. The van der Waals surface area contributed by atoms with Crippen LogP contribution in [-0.4, -0.2) is 35.6 Å². The Morgan fingerprint density at radius 1 is 1.61 bits per heavy atom. The zero-order valence-corrected chi connectivity index (χ0v) is 11.0. The van der Waals surface area contributed by atoms with E-state index in [1.807, 2.05) is 0 Å². The van der Waals surface area contributed by atoms with Crippen LogP contribution in [0.15, 0.2) is 11.2 Å². The molecule has 1 saturated carbocycles. The number of hydrogen-bond acceptors (Lipinski definition) is 4. The molecule has 1 aliphatic carbocycles. The Kier molecular flexibility index (Phi) is 2.94. The molecule has 0 atom stereocenters. The number of rotatable bonds is 5. The van der Waals surface area contributed by atoms with Crippen LogP contribution in [0.5, 0.6) is 0 Å². The van der Waals surface area contributed by atoms with Crippen molar-refractivity contribution in [1.29, 1.82) is 0 Å². The second-order valence-corrected chi connectivity index (χ2v) is 6.36. The molecule has 0 bridgehead atoms. The van der Waals surface area contributed by atoms with Crippen molar-refractivity contribution in [3.63, 3.8) is 0 Å². The summed E-state index contributed by atoms with van der Waals surface area (Å²) in [6, 6.07) is 0. The van der Waals surface area contributed by atoms with Gasteiger partial charge in [-0.15, -0.1) is 0 Å². The summed E-state index contributed by atoms with van der Waals surface area (Å²) < 4.78 is 27.7. The zero-order valence-electron chi connectivity index (χ0n) is 10.2. The summed E-state index contributed by atoms with van der Waals surface area (Å²) in [5.41, 5.74) is -0.920. The molecule has 100 valence electrons. The van der Waals surface area contributed by atoms with Crippen molar-refractivity contribution < 1.29 is 18.3 Å². The van der Waals surface area contributed by atoms with Crippen molar-refractivity contribution in [2.75, 3.05) is 6.54 Å². The van der Waals surface area contributed by atoms with Crippen molar-refractivity contribution in [2.24, 2.45) is 12.5 Å². The standard InChI is InChI=1S/C10H15N3O4S/c1-7-12-8(5-13(7)2)18(16,17)11-6-10(3-4-10)9(14)15/h5,11H,3-4,6H2,1-2H3,(H,14,15). The Bertz CT molecular complexity index is 567. The third-order valence-corrected chi connectivity index (χ3v) is 4.54. The first-order valence-corrected chi connectivity index (χ1v) is 6.98. The van der Waals surface area contributed by atoms with Crippen molar-refractivity contribution in [3.05, 3.63) is 12.0 Å². The van der Waals surface area contributed by atoms with E-state index in [0.29, 0.717) is 18.7 Å². The molecule has 0 saturated heterocycles. The summed E-state index contributed by atoms with van der Waals surface area (Å²) in [4.78, 5) is 14.9. The van der Waals surface area contributed by atoms with Crippen LogP contribution in [0, 0.1) is 12.3 Å². The van der Waals surface area contributed by atoms with Gasteiger partial charge in [0.05, 0.1) is 5.41 Å². The van der Waals surface area contributed by atoms with Gasteiger partial charge in [-0.05, 0) is 19.8 Å². The van der Waals surface area contributed by atoms with Gasteiger partial charge in [-0.1, -0.05) is 0 Å². The van der Waals surface area contributed by atoms with Crippen LogP contribution in [0.4, 0.5) is 0 Å². The molecule has 1 aliphatic rings. The van der Waals surface area contributed by atoms with E-state index in [1.165, 1.54) is 6.20 Å². The largest absolute Gasteiger partial charge is 0.481 e. The third-order valence-electron chi connectivity index (χ3n) is 3.27. The molecule has 0 spiro atoms. The number of nitrogens with one attached hydrogen (secondary N) is 1. The molecule has 0 amide bonds. The van der Waals surface area contributed by atoms with Crippen molar-refractivity contribution >= 4 is 16.0 Å². The highest BCUT2D eigenvalue weighted by atomic mass is 32.2. The van der Waals surface area contributed by atoms with Gasteiger partial charge in [-0.25, -0.2) is 18.1 Å². The van der Waals surface area contributed by atoms with Crippen molar-refractivity contribution in [3.8, 4) is 0 Å². The molecule has 0 radical (unpaired) electrons. The van der Waals surface area contributed by atoms with Gasteiger partial charge in [-0.2, -0.15) is 0 Å². The summed E-state index contributed by atoms with van der Waals surface area (Å²) in [5, 5.41) is 8.88. The fourth-order valence-electron chi connectivity index (χ4n) is 1.58. The van der Waals surface area contributed by atoms with Crippen LogP contribution in [-0.2, 0) is 21.9 Å². The molecule has 0 aliphatic heterocycles. The average molecular weight is 273 g/mol. The van der Waals surface area contributed by atoms with Gasteiger partial charge < -0.3 is 9.67 Å². The van der Waals surface area contributed by atoms with E-state index in [1.54, 1.807) is 18.5 Å². The fraction of sp³-hybridized carbons (Fsp3) is 0.600. The lowest BCUT2D eigenvalue weighted by atomic mass is 10.1. The Hall–Kier alpha value is -1.41. The van der Waals surface area contributed by atoms with Gasteiger partial charge >= 0.3 is 5.97 Å². The Labute approximate surface area is 105 Å². The van der Waals surface area contributed by atoms with Crippen LogP contribution < -0.4 is 4.72 Å². The number of carbonyl (C=O) groups is 1. The number of aromatic nitrogens is 2. The van der Waals surface area contributed by atoms with Gasteiger partial charge in [0.2, 0.25) is 0 Å². The molecule has 8 heteroatoms. The normalized spacial score (nSPS) is 17.7. The molecular formula is C10H15N3O4S. The van der Waals surface area contributed by atoms with Crippen molar-refractivity contribution in [2.45, 2.75) is 24.8 Å². The zero-order chi connectivity index (χ0) is 13.6. The van der Waals surface area contributed by atoms with Gasteiger partial charge in [0.15, 0.2) is 5.03 Å². The average Bonchev–Trinajstić information content (AvgIpc) is 2.99. The Morgan fingerprint density at radius 3 is 2.61 bits per heavy atom. The van der Waals surface area contributed by atoms with E-state index in [4.69, 9.17) is 5.11 Å². The lowest BCUT2D eigenvalue weighted by Crippen LogP contribution is -2.34. The number of aliphatic carboxylic acids is 1. The fourth-order valence-corrected chi connectivity index (χ4v) is 2.74. The van der Waals surface area contributed by atoms with Gasteiger partial charge in [0, 0.05) is 19.8 Å². The minimum Gasteiger partial charge on any atom is -0.481 e. The van der Waals surface area contributed by atoms with Crippen molar-refractivity contribution in [1.82, 2.24) is 14.3 Å². The van der Waals surface area contributed by atoms with Crippen LogP contribution in [0.1, 0.15) is 18.7 Å². The minimum absolute atomic E-state index is 0.0799. The van der Waals surface area contributed by atoms with E-state index < -0.39 is 21.4 Å². The number of imidazole rings is 1. The molecule has 7 nitrogen and oxygen atoms in total. The van der Waals surface area contributed by atoms with E-state index in [-0.39, 0.29) is 11.6 Å². The van der Waals surface area contributed by atoms with Crippen LogP contribution in [0.25, 0.3) is 0 Å². The lowest BCUT2D eigenvalue weighted by Gasteiger charge is -2.10. The first-order valence-electron chi connectivity index (χ1n) is 5.50. The summed E-state index contributed by atoms with van der Waals surface area (Å²) in [7, 11) is -2.04. The molecular weight excluding hydrogens is 258 g/mol. The number of carboxylic acid groups (broad SMARTS) is 1. The first kappa shape index (κ1) is 13.0. The first-order chi connectivity index (χ1) is 8.27. The summed E-state index contributed by atoms with van der Waals surface area (Å²) in [6.45, 7) is 1.61. The SMILES string of the molecule is Cc1nc(S(=O)(=O)NCC2(C(=O)O)CC2)cn1C. The highest BCUT2D eigenvalue weighted by Gasteiger charge is 2.50. The quantitative estimate of drug-likeness (QED) is 0.778. The van der Waals surface area contributed by atoms with E-state index in [9.17, 15) is 13.2 Å². The number of sulfonamides is 1. The smallest absolute Gasteiger partial charge is 0.310 e. The second-order valence-electron chi connectivity index (χ2n) is 4.65. The van der Waals surface area contributed by atoms with Crippen LogP contribution >= 0.6 is 0 Å². The molecule has 0 aromatic carbocycles. The molecule has 0 unspecified atom stereocenters. The van der Waals surface area contributed by atoms with Crippen LogP contribution in [0.3, 0.4) is 0 Å². The predicted octanol–water partition coefficient (Wildman–Crippen LogP) is -0.128. The maximum atomic E-state index is 11.9.